The number of carboxylic acids is 1. The smallest absolute Gasteiger partial charge is 1.00 e. The van der Waals surface area contributed by atoms with Crippen LogP contribution in [0.4, 0.5) is 0 Å². The zero-order chi connectivity index (χ0) is 19.8. The molecule has 1 aromatic carbocycles. The van der Waals surface area contributed by atoms with Gasteiger partial charge in [-0.3, -0.25) is 14.4 Å². The van der Waals surface area contributed by atoms with E-state index in [1.807, 2.05) is 30.3 Å². The number of carbonyl (C=O) groups is 4. The Morgan fingerprint density at radius 1 is 1.32 bits per heavy atom. The van der Waals surface area contributed by atoms with Gasteiger partial charge in [0.1, 0.15) is 17.5 Å². The average molecular weight is 432 g/mol. The van der Waals surface area contributed by atoms with Gasteiger partial charge in [-0.1, -0.05) is 42.1 Å². The second-order valence-corrected chi connectivity index (χ2v) is 9.60. The molecule has 3 unspecified atom stereocenters. The van der Waals surface area contributed by atoms with Crippen LogP contribution in [0.3, 0.4) is 0 Å². The van der Waals surface area contributed by atoms with Crippen LogP contribution in [-0.2, 0) is 25.6 Å². The van der Waals surface area contributed by atoms with Crippen molar-refractivity contribution >= 4 is 46.4 Å². The molecular formula is C18H21N2NaO5S2. The molecule has 146 valence electrons. The number of nitrogens with one attached hydrogen (secondary N) is 1. The van der Waals surface area contributed by atoms with Crippen molar-refractivity contribution in [2.75, 3.05) is 5.75 Å². The number of hydrogen-bond donors (Lipinski definition) is 2. The Balaban J connectivity index is 0.00000210. The fourth-order valence-electron chi connectivity index (χ4n) is 3.40. The largest absolute Gasteiger partial charge is 1.00 e. The van der Waals surface area contributed by atoms with Gasteiger partial charge in [-0.25, -0.2) is 4.79 Å². The van der Waals surface area contributed by atoms with Crippen molar-refractivity contribution in [3.05, 3.63) is 35.9 Å². The number of amides is 2. The van der Waals surface area contributed by atoms with Crippen molar-refractivity contribution in [1.82, 2.24) is 10.2 Å². The van der Waals surface area contributed by atoms with Crippen molar-refractivity contribution in [3.8, 4) is 0 Å². The summed E-state index contributed by atoms with van der Waals surface area (Å²) in [5.41, 5.74) is 0.837. The van der Waals surface area contributed by atoms with Crippen molar-refractivity contribution in [2.45, 2.75) is 42.5 Å². The molecule has 1 aromatic rings. The molecule has 0 aliphatic carbocycles. The summed E-state index contributed by atoms with van der Waals surface area (Å²) in [5, 5.41) is 11.8. The third-order valence-corrected chi connectivity index (χ3v) is 7.63. The van der Waals surface area contributed by atoms with Gasteiger partial charge in [0.2, 0.25) is 11.8 Å². The van der Waals surface area contributed by atoms with Crippen molar-refractivity contribution in [1.29, 1.82) is 0 Å². The molecule has 3 rings (SSSR count). The summed E-state index contributed by atoms with van der Waals surface area (Å²) < 4.78 is -0.804. The molecule has 4 atom stereocenters. The number of benzene rings is 1. The third kappa shape index (κ3) is 4.59. The number of hydrogen-bond acceptors (Lipinski definition) is 6. The van der Waals surface area contributed by atoms with Crippen molar-refractivity contribution < 1.29 is 55.3 Å². The van der Waals surface area contributed by atoms with Crippen molar-refractivity contribution in [3.63, 3.8) is 0 Å². The monoisotopic (exact) mass is 432 g/mol. The average Bonchev–Trinajstić information content (AvgIpc) is 2.89. The third-order valence-electron chi connectivity index (χ3n) is 4.65. The number of β-lactam (4-membered cyclic amide) rings is 1. The zero-order valence-corrected chi connectivity index (χ0v) is 19.5. The minimum atomic E-state index is -1.10. The topological polar surface area (TPSA) is 104 Å². The number of aliphatic carboxylic acids is 1. The van der Waals surface area contributed by atoms with Crippen LogP contribution in [0.25, 0.3) is 0 Å². The second kappa shape index (κ2) is 9.21. The van der Waals surface area contributed by atoms with Crippen LogP contribution >= 0.6 is 23.5 Å². The fraction of sp³-hybridized carbons (Fsp3) is 0.444. The van der Waals surface area contributed by atoms with Gasteiger partial charge in [0.15, 0.2) is 5.12 Å². The van der Waals surface area contributed by atoms with Crippen LogP contribution in [0.1, 0.15) is 20.8 Å². The molecular weight excluding hydrogens is 411 g/mol. The molecule has 0 saturated carbocycles. The van der Waals surface area contributed by atoms with Gasteiger partial charge in [0.25, 0.3) is 0 Å². The van der Waals surface area contributed by atoms with Gasteiger partial charge in [-0.2, -0.15) is 0 Å². The molecule has 0 spiro atoms. The number of carboxylic acid groups (broad SMARTS) is 1. The molecule has 2 aliphatic rings. The van der Waals surface area contributed by atoms with E-state index in [0.717, 1.165) is 17.3 Å². The van der Waals surface area contributed by atoms with Gasteiger partial charge in [-0.15, -0.1) is 11.8 Å². The van der Waals surface area contributed by atoms with Crippen LogP contribution < -0.4 is 34.9 Å². The molecule has 7 nitrogen and oxygen atoms in total. The molecule has 2 aliphatic heterocycles. The molecule has 0 bridgehead atoms. The number of fused-ring (bicyclic) bond motifs is 1. The predicted molar refractivity (Wildman–Crippen MR) is 104 cm³/mol. The molecule has 28 heavy (non-hydrogen) atoms. The first-order chi connectivity index (χ1) is 12.7. The summed E-state index contributed by atoms with van der Waals surface area (Å²) in [6.45, 7) is 3.18. The minimum Gasteiger partial charge on any atom is -1.00 e. The van der Waals surface area contributed by atoms with E-state index in [1.54, 1.807) is 6.92 Å². The summed E-state index contributed by atoms with van der Waals surface area (Å²) >= 11 is 2.39. The van der Waals surface area contributed by atoms with E-state index in [0.29, 0.717) is 0 Å². The number of carbonyl (C=O) groups excluding carboxylic acids is 3. The van der Waals surface area contributed by atoms with E-state index >= 15 is 0 Å². The Labute approximate surface area is 195 Å². The Kier molecular flexibility index (Phi) is 7.66. The quantitative estimate of drug-likeness (QED) is 0.405. The normalized spacial score (nSPS) is 28.0. The molecule has 0 aromatic heterocycles. The minimum absolute atomic E-state index is 0. The summed E-state index contributed by atoms with van der Waals surface area (Å²) in [6, 6.07) is 7.43. The molecule has 2 N–H and O–H groups in total. The SMILES string of the molecule is CC(=O)SCC1(C)SC2C(NC(=O)Cc3ccccc3)C(=O)N2[C@H]1C(=O)O.[H-].[Na+]. The van der Waals surface area contributed by atoms with Crippen LogP contribution in [-0.4, -0.2) is 60.9 Å². The summed E-state index contributed by atoms with van der Waals surface area (Å²) in [4.78, 5) is 49.2. The first-order valence-corrected chi connectivity index (χ1v) is 10.3. The van der Waals surface area contributed by atoms with E-state index in [4.69, 9.17) is 0 Å². The number of nitrogens with zero attached hydrogens (tertiary/aromatic N) is 1. The van der Waals surface area contributed by atoms with E-state index in [2.05, 4.69) is 5.32 Å². The van der Waals surface area contributed by atoms with Crippen molar-refractivity contribution in [2.24, 2.45) is 0 Å². The maximum Gasteiger partial charge on any atom is 1.00 e. The maximum absolute atomic E-state index is 12.5. The van der Waals surface area contributed by atoms with Crippen LogP contribution in [0.5, 0.6) is 0 Å². The van der Waals surface area contributed by atoms with Crippen LogP contribution in [0.2, 0.25) is 0 Å². The number of rotatable bonds is 6. The summed E-state index contributed by atoms with van der Waals surface area (Å²) in [5.74, 6) is -1.48. The van der Waals surface area contributed by atoms with Crippen LogP contribution in [0.15, 0.2) is 30.3 Å². The Morgan fingerprint density at radius 2 is 1.96 bits per heavy atom. The van der Waals surface area contributed by atoms with E-state index in [-0.39, 0.29) is 54.2 Å². The van der Waals surface area contributed by atoms with Gasteiger partial charge in [-0.05, 0) is 12.5 Å². The molecule has 2 fully saturated rings. The van der Waals surface area contributed by atoms with E-state index in [9.17, 15) is 24.3 Å². The Hall–Kier alpha value is -1.00. The van der Waals surface area contributed by atoms with E-state index < -0.39 is 34.1 Å². The van der Waals surface area contributed by atoms with Gasteiger partial charge in [0, 0.05) is 12.7 Å². The first-order valence-electron chi connectivity index (χ1n) is 8.42. The number of thioether (sulfide) groups is 2. The molecule has 2 heterocycles. The first kappa shape index (κ1) is 23.3. The van der Waals surface area contributed by atoms with Crippen LogP contribution in [0, 0.1) is 0 Å². The standard InChI is InChI=1S/C18H20N2O5S2.Na.H/c1-10(21)26-9-18(2)14(17(24)25)20-15(23)13(16(20)27-18)19-12(22)8-11-6-4-3-5-7-11;;/h3-7,13-14,16H,8-9H2,1-2H3,(H,19,22)(H,24,25);;/q;+1;-1/t13?,14-,16?,18?;;/m0../s1. The molecule has 2 amide bonds. The Morgan fingerprint density at radius 3 is 2.54 bits per heavy atom. The summed E-state index contributed by atoms with van der Waals surface area (Å²) in [7, 11) is 0. The van der Waals surface area contributed by atoms with Gasteiger partial charge >= 0.3 is 35.5 Å². The molecule has 2 saturated heterocycles. The molecule has 10 heteroatoms. The predicted octanol–water partition coefficient (Wildman–Crippen LogP) is -1.76. The van der Waals surface area contributed by atoms with Gasteiger partial charge in [0.05, 0.1) is 11.2 Å². The Bertz CT molecular complexity index is 800. The fourth-order valence-corrected chi connectivity index (χ4v) is 6.05. The summed E-state index contributed by atoms with van der Waals surface area (Å²) in [6.07, 6.45) is 0.155. The second-order valence-electron chi connectivity index (χ2n) is 6.80. The molecule has 0 radical (unpaired) electrons. The zero-order valence-electron chi connectivity index (χ0n) is 16.9. The van der Waals surface area contributed by atoms with Gasteiger partial charge < -0.3 is 16.7 Å². The maximum atomic E-state index is 12.5. The van der Waals surface area contributed by atoms with E-state index in [1.165, 1.54) is 23.6 Å².